The third-order valence-corrected chi connectivity index (χ3v) is 6.49. The molecule has 32 heavy (non-hydrogen) atoms. The number of ether oxygens (including phenoxy) is 1. The smallest absolute Gasteiger partial charge is 0.314 e. The van der Waals surface area contributed by atoms with E-state index in [1.807, 2.05) is 36.4 Å². The van der Waals surface area contributed by atoms with Crippen LogP contribution in [0.3, 0.4) is 0 Å². The minimum absolute atomic E-state index is 0.238. The largest absolute Gasteiger partial charge is 0.378 e. The SMILES string of the molecule is O=C(Nc1ccc2[nH]c(=O)c(=O)[nH]c2c1)c1cc(-c2ccccc2)c(N2CCOCC2)s1. The lowest BCUT2D eigenvalue weighted by molar-refractivity contribution is 0.103. The maximum atomic E-state index is 13.1. The highest BCUT2D eigenvalue weighted by Gasteiger charge is 2.22. The predicted octanol–water partition coefficient (Wildman–Crippen LogP) is 3.03. The summed E-state index contributed by atoms with van der Waals surface area (Å²) >= 11 is 1.45. The molecule has 162 valence electrons. The van der Waals surface area contributed by atoms with Crippen LogP contribution < -0.4 is 21.3 Å². The van der Waals surface area contributed by atoms with E-state index in [0.717, 1.165) is 29.2 Å². The average molecular weight is 449 g/mol. The van der Waals surface area contributed by atoms with Crippen LogP contribution in [-0.2, 0) is 4.74 Å². The fraction of sp³-hybridized carbons (Fsp3) is 0.174. The molecule has 0 saturated carbocycles. The number of thiophene rings is 1. The van der Waals surface area contributed by atoms with Crippen molar-refractivity contribution in [2.45, 2.75) is 0 Å². The summed E-state index contributed by atoms with van der Waals surface area (Å²) < 4.78 is 5.49. The van der Waals surface area contributed by atoms with Crippen molar-refractivity contribution in [3.8, 4) is 11.1 Å². The Labute approximate surface area is 186 Å². The highest BCUT2D eigenvalue weighted by molar-refractivity contribution is 7.18. The number of aromatic nitrogens is 2. The van der Waals surface area contributed by atoms with Gasteiger partial charge in [0.1, 0.15) is 0 Å². The first-order valence-corrected chi connectivity index (χ1v) is 11.0. The van der Waals surface area contributed by atoms with Gasteiger partial charge in [0, 0.05) is 24.3 Å². The number of fused-ring (bicyclic) bond motifs is 1. The molecule has 0 aliphatic carbocycles. The lowest BCUT2D eigenvalue weighted by Gasteiger charge is -2.28. The predicted molar refractivity (Wildman–Crippen MR) is 126 cm³/mol. The average Bonchev–Trinajstić information content (AvgIpc) is 3.27. The Morgan fingerprint density at radius 2 is 1.66 bits per heavy atom. The van der Waals surface area contributed by atoms with Gasteiger partial charge in [-0.1, -0.05) is 30.3 Å². The fourth-order valence-corrected chi connectivity index (χ4v) is 4.83. The number of carbonyl (C=O) groups excluding carboxylic acids is 1. The lowest BCUT2D eigenvalue weighted by atomic mass is 10.1. The molecule has 1 saturated heterocycles. The summed E-state index contributed by atoms with van der Waals surface area (Å²) in [5.41, 5.74) is 2.08. The van der Waals surface area contributed by atoms with Crippen molar-refractivity contribution >= 4 is 39.0 Å². The van der Waals surface area contributed by atoms with E-state index >= 15 is 0 Å². The number of aromatic amines is 2. The standard InChI is InChI=1S/C23H20N4O4S/c28-20(24-15-6-7-17-18(12-15)26-22(30)21(29)25-17)19-13-16(14-4-2-1-3-5-14)23(32-19)27-8-10-31-11-9-27/h1-7,12-13H,8-11H2,(H,24,28)(H,25,29)(H,26,30). The summed E-state index contributed by atoms with van der Waals surface area (Å²) in [5.74, 6) is -0.238. The van der Waals surface area contributed by atoms with E-state index in [0.29, 0.717) is 34.8 Å². The van der Waals surface area contributed by atoms with Crippen LogP contribution in [0.1, 0.15) is 9.67 Å². The van der Waals surface area contributed by atoms with E-state index in [2.05, 4.69) is 20.2 Å². The van der Waals surface area contributed by atoms with Crippen LogP contribution in [0.2, 0.25) is 0 Å². The third kappa shape index (κ3) is 3.95. The van der Waals surface area contributed by atoms with Crippen molar-refractivity contribution in [1.29, 1.82) is 0 Å². The van der Waals surface area contributed by atoms with E-state index < -0.39 is 11.1 Å². The molecule has 1 aliphatic heterocycles. The molecule has 1 fully saturated rings. The molecule has 1 amide bonds. The van der Waals surface area contributed by atoms with E-state index in [9.17, 15) is 14.4 Å². The number of carbonyl (C=O) groups is 1. The van der Waals surface area contributed by atoms with Crippen molar-refractivity contribution < 1.29 is 9.53 Å². The van der Waals surface area contributed by atoms with Gasteiger partial charge in [0.25, 0.3) is 5.91 Å². The van der Waals surface area contributed by atoms with Gasteiger partial charge in [-0.15, -0.1) is 11.3 Å². The third-order valence-electron chi connectivity index (χ3n) is 5.30. The van der Waals surface area contributed by atoms with E-state index in [-0.39, 0.29) is 5.91 Å². The van der Waals surface area contributed by atoms with E-state index in [4.69, 9.17) is 4.74 Å². The van der Waals surface area contributed by atoms with Crippen LogP contribution in [-0.4, -0.2) is 42.2 Å². The zero-order chi connectivity index (χ0) is 22.1. The molecule has 0 bridgehead atoms. The minimum atomic E-state index is -0.734. The first kappa shape index (κ1) is 20.2. The van der Waals surface area contributed by atoms with Gasteiger partial charge < -0.3 is 24.9 Å². The van der Waals surface area contributed by atoms with Gasteiger partial charge in [-0.05, 0) is 29.8 Å². The van der Waals surface area contributed by atoms with Gasteiger partial charge in [-0.3, -0.25) is 14.4 Å². The molecule has 3 N–H and O–H groups in total. The van der Waals surface area contributed by atoms with Gasteiger partial charge >= 0.3 is 11.1 Å². The number of anilines is 2. The summed E-state index contributed by atoms with van der Waals surface area (Å²) in [6.07, 6.45) is 0. The Morgan fingerprint density at radius 3 is 2.41 bits per heavy atom. The topological polar surface area (TPSA) is 107 Å². The van der Waals surface area contributed by atoms with Crippen LogP contribution in [0.15, 0.2) is 64.2 Å². The molecular formula is C23H20N4O4S. The van der Waals surface area contributed by atoms with E-state index in [1.165, 1.54) is 11.3 Å². The number of hydrogen-bond acceptors (Lipinski definition) is 6. The van der Waals surface area contributed by atoms with Crippen LogP contribution in [0, 0.1) is 0 Å². The van der Waals surface area contributed by atoms with Crippen LogP contribution in [0.25, 0.3) is 22.2 Å². The summed E-state index contributed by atoms with van der Waals surface area (Å²) in [6, 6.07) is 16.9. The number of hydrogen-bond donors (Lipinski definition) is 3. The number of morpholine rings is 1. The second-order valence-electron chi connectivity index (χ2n) is 7.42. The molecule has 0 spiro atoms. The summed E-state index contributed by atoms with van der Waals surface area (Å²) in [7, 11) is 0. The van der Waals surface area contributed by atoms with Gasteiger partial charge in [0.05, 0.1) is 34.1 Å². The Kier molecular flexibility index (Phi) is 5.34. The Bertz CT molecular complexity index is 1400. The fourth-order valence-electron chi connectivity index (χ4n) is 3.70. The van der Waals surface area contributed by atoms with Gasteiger partial charge in [0.15, 0.2) is 0 Å². The van der Waals surface area contributed by atoms with Crippen LogP contribution >= 0.6 is 11.3 Å². The Morgan fingerprint density at radius 1 is 0.938 bits per heavy atom. The molecule has 3 heterocycles. The molecule has 8 nitrogen and oxygen atoms in total. The zero-order valence-corrected chi connectivity index (χ0v) is 17.8. The van der Waals surface area contributed by atoms with Crippen molar-refractivity contribution in [1.82, 2.24) is 9.97 Å². The quantitative estimate of drug-likeness (QED) is 0.416. The first-order chi connectivity index (χ1) is 15.6. The number of H-pyrrole nitrogens is 2. The molecule has 9 heteroatoms. The molecule has 2 aromatic carbocycles. The number of rotatable bonds is 4. The lowest BCUT2D eigenvalue weighted by Crippen LogP contribution is -2.35. The number of amides is 1. The van der Waals surface area contributed by atoms with Crippen LogP contribution in [0.5, 0.6) is 0 Å². The normalized spacial score (nSPS) is 13.9. The number of nitrogens with one attached hydrogen (secondary N) is 3. The Balaban J connectivity index is 1.47. The highest BCUT2D eigenvalue weighted by atomic mass is 32.1. The molecule has 0 radical (unpaired) electrons. The van der Waals surface area contributed by atoms with E-state index in [1.54, 1.807) is 18.2 Å². The number of benzene rings is 2. The molecule has 0 unspecified atom stereocenters. The molecule has 5 rings (SSSR count). The minimum Gasteiger partial charge on any atom is -0.378 e. The van der Waals surface area contributed by atoms with Crippen molar-refractivity contribution in [2.24, 2.45) is 0 Å². The molecular weight excluding hydrogens is 428 g/mol. The molecule has 0 atom stereocenters. The second kappa shape index (κ2) is 8.45. The van der Waals surface area contributed by atoms with Crippen molar-refractivity contribution in [3.05, 3.63) is 80.2 Å². The monoisotopic (exact) mass is 448 g/mol. The molecule has 1 aliphatic rings. The number of nitrogens with zero attached hydrogens (tertiary/aromatic N) is 1. The highest BCUT2D eigenvalue weighted by Crippen LogP contribution is 2.39. The maximum absolute atomic E-state index is 13.1. The van der Waals surface area contributed by atoms with Gasteiger partial charge in [-0.2, -0.15) is 0 Å². The molecule has 2 aromatic heterocycles. The van der Waals surface area contributed by atoms with Gasteiger partial charge in [-0.25, -0.2) is 0 Å². The van der Waals surface area contributed by atoms with Crippen molar-refractivity contribution in [3.63, 3.8) is 0 Å². The second-order valence-corrected chi connectivity index (χ2v) is 8.45. The van der Waals surface area contributed by atoms with Gasteiger partial charge in [0.2, 0.25) is 0 Å². The Hall–Kier alpha value is -3.69. The van der Waals surface area contributed by atoms with Crippen molar-refractivity contribution in [2.75, 3.05) is 36.5 Å². The maximum Gasteiger partial charge on any atom is 0.314 e. The van der Waals surface area contributed by atoms with Crippen LogP contribution in [0.4, 0.5) is 10.7 Å². The summed E-state index contributed by atoms with van der Waals surface area (Å²) in [5, 5.41) is 3.94. The summed E-state index contributed by atoms with van der Waals surface area (Å²) in [4.78, 5) is 44.0. The zero-order valence-electron chi connectivity index (χ0n) is 17.0. The molecule has 4 aromatic rings. The summed E-state index contributed by atoms with van der Waals surface area (Å²) in [6.45, 7) is 2.87. The first-order valence-electron chi connectivity index (χ1n) is 10.2.